The predicted molar refractivity (Wildman–Crippen MR) is 235 cm³/mol. The molecular formula is C47H59N9O4. The molecule has 4 aromatic rings. The van der Waals surface area contributed by atoms with Crippen molar-refractivity contribution in [1.82, 2.24) is 30.4 Å². The number of amides is 4. The number of imide groups is 1. The highest BCUT2D eigenvalue weighted by molar-refractivity contribution is 6.01. The maximum Gasteiger partial charge on any atom is 0.317 e. The van der Waals surface area contributed by atoms with E-state index in [0.29, 0.717) is 50.3 Å². The third-order valence-electron chi connectivity index (χ3n) is 12.5. The number of anilines is 4. The van der Waals surface area contributed by atoms with Crippen molar-refractivity contribution in [1.29, 1.82) is 0 Å². The number of ether oxygens (including phenoxy) is 1. The van der Waals surface area contributed by atoms with E-state index in [4.69, 9.17) is 9.72 Å². The van der Waals surface area contributed by atoms with Gasteiger partial charge in [-0.05, 0) is 143 Å². The van der Waals surface area contributed by atoms with Gasteiger partial charge < -0.3 is 35.4 Å². The minimum absolute atomic E-state index is 0.0600. The zero-order chi connectivity index (χ0) is 41.6. The van der Waals surface area contributed by atoms with Crippen LogP contribution in [0.1, 0.15) is 75.0 Å². The van der Waals surface area contributed by atoms with Crippen LogP contribution in [0.3, 0.4) is 0 Å². The fraction of sp³-hybridized carbons (Fsp3) is 0.468. The molecule has 316 valence electrons. The fourth-order valence-electron chi connectivity index (χ4n) is 8.98. The first-order valence-corrected chi connectivity index (χ1v) is 21.8. The van der Waals surface area contributed by atoms with Crippen molar-refractivity contribution in [2.24, 2.45) is 5.92 Å². The van der Waals surface area contributed by atoms with Crippen molar-refractivity contribution in [3.05, 3.63) is 95.7 Å². The monoisotopic (exact) mass is 813 g/mol. The number of carbonyl (C=O) groups excluding carboxylic acids is 3. The topological polar surface area (TPSA) is 144 Å². The van der Waals surface area contributed by atoms with E-state index in [-0.39, 0.29) is 36.1 Å². The van der Waals surface area contributed by atoms with E-state index < -0.39 is 0 Å². The number of likely N-dealkylation sites (tertiary alicyclic amines) is 2. The molecule has 4 fully saturated rings. The molecule has 4 N–H and O–H groups in total. The SMILES string of the molecule is Cc1cc(-c2ccnc(Nc3ccc(N4CCC(CN5CCC(c6cccc(NC7CCC(=O)NC7=O)c6)CC5)CC4)cc3)n2)ccc1CNC(=O)N1CC(OC(C)C)C1. The number of nitrogens with one attached hydrogen (secondary N) is 4. The summed E-state index contributed by atoms with van der Waals surface area (Å²) in [6, 6.07) is 24.8. The third kappa shape index (κ3) is 10.4. The van der Waals surface area contributed by atoms with Crippen LogP contribution < -0.4 is 26.2 Å². The Morgan fingerprint density at radius 1 is 0.900 bits per heavy atom. The van der Waals surface area contributed by atoms with Crippen LogP contribution in [-0.4, -0.2) is 102 Å². The van der Waals surface area contributed by atoms with Crippen LogP contribution in [0.5, 0.6) is 0 Å². The normalized spacial score (nSPS) is 19.6. The summed E-state index contributed by atoms with van der Waals surface area (Å²) >= 11 is 0. The summed E-state index contributed by atoms with van der Waals surface area (Å²) in [6.45, 7) is 13.3. The summed E-state index contributed by atoms with van der Waals surface area (Å²) in [5, 5.41) is 12.2. The molecule has 0 spiro atoms. The lowest BCUT2D eigenvalue weighted by molar-refractivity contribution is -0.133. The van der Waals surface area contributed by atoms with Gasteiger partial charge in [-0.2, -0.15) is 0 Å². The lowest BCUT2D eigenvalue weighted by Gasteiger charge is -2.39. The average Bonchev–Trinajstić information content (AvgIpc) is 3.23. The van der Waals surface area contributed by atoms with Crippen LogP contribution in [0.15, 0.2) is 79.0 Å². The van der Waals surface area contributed by atoms with Crippen LogP contribution in [0.4, 0.5) is 27.8 Å². The van der Waals surface area contributed by atoms with Crippen LogP contribution >= 0.6 is 0 Å². The van der Waals surface area contributed by atoms with Gasteiger partial charge in [-0.15, -0.1) is 0 Å². The summed E-state index contributed by atoms with van der Waals surface area (Å²) in [5.41, 5.74) is 8.45. The Bertz CT molecular complexity index is 2120. The molecule has 0 saturated carbocycles. The highest BCUT2D eigenvalue weighted by Crippen LogP contribution is 2.32. The molecule has 1 aromatic heterocycles. The molecule has 13 heteroatoms. The van der Waals surface area contributed by atoms with E-state index in [1.807, 2.05) is 32.0 Å². The minimum Gasteiger partial charge on any atom is -0.374 e. The number of piperidine rings is 3. The van der Waals surface area contributed by atoms with Crippen molar-refractivity contribution in [2.45, 2.75) is 90.0 Å². The molecule has 4 aliphatic heterocycles. The largest absolute Gasteiger partial charge is 0.374 e. The molecule has 5 heterocycles. The van der Waals surface area contributed by atoms with Gasteiger partial charge in [-0.25, -0.2) is 14.8 Å². The molecule has 1 unspecified atom stereocenters. The smallest absolute Gasteiger partial charge is 0.317 e. The zero-order valence-corrected chi connectivity index (χ0v) is 35.2. The number of benzene rings is 3. The number of hydrogen-bond acceptors (Lipinski definition) is 10. The summed E-state index contributed by atoms with van der Waals surface area (Å²) < 4.78 is 5.77. The lowest BCUT2D eigenvalue weighted by atomic mass is 9.88. The second-order valence-corrected chi connectivity index (χ2v) is 17.2. The Hall–Kier alpha value is -5.53. The van der Waals surface area contributed by atoms with Gasteiger partial charge >= 0.3 is 6.03 Å². The van der Waals surface area contributed by atoms with Crippen molar-refractivity contribution in [2.75, 3.05) is 61.3 Å². The first-order valence-electron chi connectivity index (χ1n) is 21.8. The van der Waals surface area contributed by atoms with Gasteiger partial charge in [0.1, 0.15) is 6.04 Å². The van der Waals surface area contributed by atoms with E-state index in [1.165, 1.54) is 24.1 Å². The van der Waals surface area contributed by atoms with Crippen LogP contribution in [0.2, 0.25) is 0 Å². The summed E-state index contributed by atoms with van der Waals surface area (Å²) in [6.07, 6.45) is 7.64. The molecule has 1 atom stereocenters. The maximum atomic E-state index is 12.6. The highest BCUT2D eigenvalue weighted by atomic mass is 16.5. The third-order valence-corrected chi connectivity index (χ3v) is 12.5. The van der Waals surface area contributed by atoms with E-state index in [2.05, 4.69) is 97.6 Å². The molecule has 3 aromatic carbocycles. The molecule has 8 rings (SSSR count). The van der Waals surface area contributed by atoms with Crippen molar-refractivity contribution < 1.29 is 19.1 Å². The number of carbonyl (C=O) groups is 3. The van der Waals surface area contributed by atoms with Gasteiger partial charge in [0.05, 0.1) is 31.0 Å². The quantitative estimate of drug-likeness (QED) is 0.106. The Morgan fingerprint density at radius 2 is 1.68 bits per heavy atom. The van der Waals surface area contributed by atoms with E-state index in [0.717, 1.165) is 79.3 Å². The average molecular weight is 814 g/mol. The van der Waals surface area contributed by atoms with E-state index >= 15 is 0 Å². The highest BCUT2D eigenvalue weighted by Gasteiger charge is 2.32. The number of nitrogens with zero attached hydrogens (tertiary/aromatic N) is 5. The zero-order valence-electron chi connectivity index (χ0n) is 35.2. The number of rotatable bonds is 13. The van der Waals surface area contributed by atoms with Gasteiger partial charge in [0, 0.05) is 61.4 Å². The maximum absolute atomic E-state index is 12.6. The molecule has 4 aliphatic rings. The molecule has 0 radical (unpaired) electrons. The van der Waals surface area contributed by atoms with Gasteiger partial charge in [0.15, 0.2) is 0 Å². The van der Waals surface area contributed by atoms with Crippen LogP contribution in [-0.2, 0) is 20.9 Å². The first-order chi connectivity index (χ1) is 29.1. The number of urea groups is 1. The number of aryl methyl sites for hydroxylation is 1. The Kier molecular flexibility index (Phi) is 12.9. The second kappa shape index (κ2) is 18.8. The van der Waals surface area contributed by atoms with Gasteiger partial charge in [0.2, 0.25) is 17.8 Å². The molecule has 0 aliphatic carbocycles. The van der Waals surface area contributed by atoms with Crippen molar-refractivity contribution in [3.63, 3.8) is 0 Å². The molecule has 60 heavy (non-hydrogen) atoms. The van der Waals surface area contributed by atoms with E-state index in [9.17, 15) is 14.4 Å². The molecular weight excluding hydrogens is 755 g/mol. The van der Waals surface area contributed by atoms with Gasteiger partial charge in [0.25, 0.3) is 0 Å². The summed E-state index contributed by atoms with van der Waals surface area (Å²) in [5.74, 6) is 1.34. The van der Waals surface area contributed by atoms with Crippen molar-refractivity contribution in [3.8, 4) is 11.3 Å². The summed E-state index contributed by atoms with van der Waals surface area (Å²) in [7, 11) is 0. The molecule has 4 amide bonds. The second-order valence-electron chi connectivity index (χ2n) is 17.2. The molecule has 4 saturated heterocycles. The summed E-state index contributed by atoms with van der Waals surface area (Å²) in [4.78, 5) is 52.6. The first kappa shape index (κ1) is 41.2. The van der Waals surface area contributed by atoms with E-state index in [1.54, 1.807) is 11.1 Å². The van der Waals surface area contributed by atoms with Gasteiger partial charge in [-0.1, -0.05) is 24.3 Å². The standard InChI is InChI=1S/C47H59N9O4/c1-31(2)60-41-29-56(30-41)47(59)49-27-37-8-7-36(25-32(37)3)42-15-20-48-46(52-42)51-38-9-11-40(12-10-38)55-23-16-33(17-24-55)28-54-21-18-34(19-22-54)35-5-4-6-39(26-35)50-43-13-14-44(57)53-45(43)58/h4-12,15,20,25-26,31,33-34,41,43,50H,13-14,16-19,21-24,27-30H2,1-3H3,(H,49,59)(H,48,51,52)(H,53,57,58). The minimum atomic E-state index is -0.363. The predicted octanol–water partition coefficient (Wildman–Crippen LogP) is 6.83. The van der Waals surface area contributed by atoms with Crippen LogP contribution in [0, 0.1) is 12.8 Å². The number of hydrogen-bond donors (Lipinski definition) is 4. The fourth-order valence-corrected chi connectivity index (χ4v) is 8.98. The Labute approximate surface area is 353 Å². The van der Waals surface area contributed by atoms with Gasteiger partial charge in [-0.3, -0.25) is 14.9 Å². The molecule has 0 bridgehead atoms. The molecule has 13 nitrogen and oxygen atoms in total. The number of aromatic nitrogens is 2. The lowest BCUT2D eigenvalue weighted by Crippen LogP contribution is -2.58. The Morgan fingerprint density at radius 3 is 2.42 bits per heavy atom. The van der Waals surface area contributed by atoms with Crippen LogP contribution in [0.25, 0.3) is 11.3 Å². The van der Waals surface area contributed by atoms with Crippen molar-refractivity contribution >= 4 is 40.9 Å². The Balaban J connectivity index is 0.760.